The minimum absolute atomic E-state index is 0.890. The molecule has 0 fully saturated rings. The number of hydrogen-bond donors (Lipinski definition) is 5. The van der Waals surface area contributed by atoms with Crippen LogP contribution in [-0.4, -0.2) is 4.57 Å². The standard InChI is InChI=1S/C32H21NO.C24H18N2.C22H15NO.2C22H15NS/c1-2-8-21(9-3-1)24-18-19-30(27-13-7-6-12-26(24)27)33-23-15-17-28-29-16-14-22-10-4-5-11-25(22)32(29)34-31(28)20-23;1-3-9-18(10-4-1)25-19-15-16-24-22(17-19)21-13-7-8-14-23(21)26(24)20-11-5-2-6-12-20;1-2-9-17(10-3-1)23-20-12-6-11-18-19-13-15-7-4-5-8-16(15)14-21(19)24-22(18)20;1-2-9-16(10-3-1)23-19-14-15-8-4-5-11-17(15)22-21(19)18-12-6-7-13-20(18)24-22;1-2-6-16(7-3-1)23-17-12-10-15-11-13-19-18-8-4-5-9-21(18)24-22(19)20(15)14-17/h1-20,33H;1-17,25H;3*1-14,23H. The Morgan fingerprint density at radius 2 is 0.644 bits per heavy atom. The minimum Gasteiger partial charge on any atom is -0.455 e. The molecule has 0 unspecified atom stereocenters. The molecule has 8 nitrogen and oxygen atoms in total. The summed E-state index contributed by atoms with van der Waals surface area (Å²) in [6, 6.07) is 168. The Morgan fingerprint density at radius 3 is 1.34 bits per heavy atom. The Balaban J connectivity index is 0.0000000943. The van der Waals surface area contributed by atoms with Crippen LogP contribution in [0.5, 0.6) is 0 Å². The highest BCUT2D eigenvalue weighted by atomic mass is 32.1. The van der Waals surface area contributed by atoms with Gasteiger partial charge in [-0.3, -0.25) is 0 Å². The molecule has 0 amide bonds. The lowest BCUT2D eigenvalue weighted by Crippen LogP contribution is -1.93. The molecular formula is C122H84N6O2S2. The minimum atomic E-state index is 0.890. The van der Waals surface area contributed by atoms with Gasteiger partial charge in [0.05, 0.1) is 16.7 Å². The smallest absolute Gasteiger partial charge is 0.158 e. The molecule has 0 saturated carbocycles. The second-order valence-corrected chi connectivity index (χ2v) is 35.1. The predicted molar refractivity (Wildman–Crippen MR) is 568 cm³/mol. The molecule has 10 heteroatoms. The molecule has 0 aliphatic carbocycles. The molecule has 27 rings (SSSR count). The fourth-order valence-electron chi connectivity index (χ4n) is 18.5. The number of hydrogen-bond acceptors (Lipinski definition) is 9. The molecule has 132 heavy (non-hydrogen) atoms. The van der Waals surface area contributed by atoms with E-state index in [9.17, 15) is 0 Å². The van der Waals surface area contributed by atoms with E-state index in [1.54, 1.807) is 0 Å². The molecule has 0 atom stereocenters. The van der Waals surface area contributed by atoms with E-state index in [1.807, 2.05) is 83.3 Å². The van der Waals surface area contributed by atoms with Gasteiger partial charge >= 0.3 is 0 Å². The maximum Gasteiger partial charge on any atom is 0.158 e. The van der Waals surface area contributed by atoms with E-state index in [0.717, 1.165) is 100 Å². The van der Waals surface area contributed by atoms with Crippen LogP contribution in [0, 0.1) is 0 Å². The van der Waals surface area contributed by atoms with Gasteiger partial charge in [-0.05, 0) is 207 Å². The summed E-state index contributed by atoms with van der Waals surface area (Å²) in [5.74, 6) is 0. The fourth-order valence-corrected chi connectivity index (χ4v) is 21.0. The van der Waals surface area contributed by atoms with E-state index in [4.69, 9.17) is 8.83 Å². The first-order valence-corrected chi connectivity index (χ1v) is 46.1. The zero-order valence-electron chi connectivity index (χ0n) is 71.7. The van der Waals surface area contributed by atoms with E-state index in [1.165, 1.54) is 133 Å². The Morgan fingerprint density at radius 1 is 0.197 bits per heavy atom. The summed E-state index contributed by atoms with van der Waals surface area (Å²) in [5.41, 5.74) is 20.6. The van der Waals surface area contributed by atoms with Crippen molar-refractivity contribution in [3.8, 4) is 16.8 Å². The van der Waals surface area contributed by atoms with Gasteiger partial charge in [0.2, 0.25) is 0 Å². The topological polar surface area (TPSA) is 91.4 Å². The molecule has 0 spiro atoms. The van der Waals surface area contributed by atoms with Crippen molar-refractivity contribution in [2.24, 2.45) is 0 Å². The molecule has 5 N–H and O–H groups in total. The highest BCUT2D eigenvalue weighted by Gasteiger charge is 2.20. The molecule has 5 heterocycles. The number of fused-ring (bicyclic) bond motifs is 23. The summed E-state index contributed by atoms with van der Waals surface area (Å²) in [4.78, 5) is 0. The van der Waals surface area contributed by atoms with E-state index in [-0.39, 0.29) is 0 Å². The van der Waals surface area contributed by atoms with Crippen molar-refractivity contribution in [2.45, 2.75) is 0 Å². The van der Waals surface area contributed by atoms with Crippen LogP contribution in [0.3, 0.4) is 0 Å². The molecule has 0 aliphatic heterocycles. The highest BCUT2D eigenvalue weighted by Crippen LogP contribution is 2.47. The van der Waals surface area contributed by atoms with Crippen molar-refractivity contribution in [2.75, 3.05) is 26.6 Å². The quantitative estimate of drug-likeness (QED) is 0.0832. The second-order valence-electron chi connectivity index (χ2n) is 33.0. The molecule has 0 bridgehead atoms. The average molecular weight is 1730 g/mol. The summed E-state index contributed by atoms with van der Waals surface area (Å²) in [6.45, 7) is 0. The van der Waals surface area contributed by atoms with Crippen LogP contribution in [0.2, 0.25) is 0 Å². The molecule has 0 radical (unpaired) electrons. The van der Waals surface area contributed by atoms with Gasteiger partial charge in [-0.1, -0.05) is 315 Å². The first-order chi connectivity index (χ1) is 65.4. The van der Waals surface area contributed by atoms with Crippen molar-refractivity contribution >= 4 is 239 Å². The second kappa shape index (κ2) is 35.3. The maximum atomic E-state index is 6.37. The third-order valence-electron chi connectivity index (χ3n) is 24.7. The van der Waals surface area contributed by atoms with Crippen molar-refractivity contribution < 1.29 is 8.83 Å². The van der Waals surface area contributed by atoms with Crippen LogP contribution in [0.4, 0.5) is 56.9 Å². The number of para-hydroxylation sites is 7. The van der Waals surface area contributed by atoms with Crippen LogP contribution in [0.15, 0.2) is 488 Å². The monoisotopic (exact) mass is 1730 g/mol. The zero-order chi connectivity index (χ0) is 87.6. The Kier molecular flexibility index (Phi) is 21.3. The third kappa shape index (κ3) is 15.7. The molecule has 5 aromatic heterocycles. The van der Waals surface area contributed by atoms with Crippen molar-refractivity contribution in [1.29, 1.82) is 0 Å². The number of furan rings is 2. The van der Waals surface area contributed by atoms with Crippen LogP contribution in [0.25, 0.3) is 177 Å². The summed E-state index contributed by atoms with van der Waals surface area (Å²) in [7, 11) is 0. The Hall–Kier alpha value is -17.0. The largest absolute Gasteiger partial charge is 0.455 e. The molecule has 22 aromatic carbocycles. The number of nitrogens with zero attached hydrogens (tertiary/aromatic N) is 1. The van der Waals surface area contributed by atoms with Gasteiger partial charge in [0, 0.05) is 152 Å². The number of rotatable bonds is 12. The lowest BCUT2D eigenvalue weighted by Gasteiger charge is -2.13. The predicted octanol–water partition coefficient (Wildman–Crippen LogP) is 36.2. The van der Waals surface area contributed by atoms with Gasteiger partial charge in [0.15, 0.2) is 5.58 Å². The van der Waals surface area contributed by atoms with Gasteiger partial charge in [0.25, 0.3) is 0 Å². The maximum absolute atomic E-state index is 6.37. The molecule has 0 aliphatic rings. The molecule has 0 saturated heterocycles. The SMILES string of the molecule is c1ccc(-c2ccc(Nc3ccc4c(c3)oc3c5ccccc5ccc43)c3ccccc23)cc1.c1ccc(Nc2cc3ccccc3c3sc4ccccc4c23)cc1.c1ccc(Nc2ccc3c(c2)c2ccccc2n3-c2ccccc2)cc1.c1ccc(Nc2ccc3ccc4c5ccccc5sc4c3c2)cc1.c1ccc(Nc2cccc3c2oc2cc4ccccc4cc23)cc1. The highest BCUT2D eigenvalue weighted by molar-refractivity contribution is 7.27. The first-order valence-electron chi connectivity index (χ1n) is 44.5. The summed E-state index contributed by atoms with van der Waals surface area (Å²) >= 11 is 3.75. The fraction of sp³-hybridized carbons (Fsp3) is 0. The van der Waals surface area contributed by atoms with E-state index in [0.29, 0.717) is 0 Å². The van der Waals surface area contributed by atoms with Gasteiger partial charge in [0.1, 0.15) is 16.7 Å². The summed E-state index contributed by atoms with van der Waals surface area (Å²) in [5, 5.41) is 42.5. The molecular weight excluding hydrogens is 1650 g/mol. The molecule has 27 aromatic rings. The average Bonchev–Trinajstić information content (AvgIpc) is 1.63. The van der Waals surface area contributed by atoms with E-state index in [2.05, 4.69) is 450 Å². The first kappa shape index (κ1) is 79.6. The Labute approximate surface area is 769 Å². The Bertz CT molecular complexity index is 8940. The van der Waals surface area contributed by atoms with Crippen LogP contribution in [-0.2, 0) is 0 Å². The van der Waals surface area contributed by atoms with Crippen molar-refractivity contribution in [1.82, 2.24) is 4.57 Å². The van der Waals surface area contributed by atoms with Crippen LogP contribution in [0.1, 0.15) is 0 Å². The number of aromatic nitrogens is 1. The van der Waals surface area contributed by atoms with Gasteiger partial charge < -0.3 is 40.0 Å². The normalized spacial score (nSPS) is 11.3. The third-order valence-corrected chi connectivity index (χ3v) is 27.1. The number of anilines is 10. The number of nitrogens with one attached hydrogen (secondary N) is 5. The lowest BCUT2D eigenvalue weighted by atomic mass is 9.97. The van der Waals surface area contributed by atoms with Crippen molar-refractivity contribution in [3.63, 3.8) is 0 Å². The van der Waals surface area contributed by atoms with E-state index < -0.39 is 0 Å². The van der Waals surface area contributed by atoms with Gasteiger partial charge in [-0.2, -0.15) is 0 Å². The van der Waals surface area contributed by atoms with Crippen LogP contribution >= 0.6 is 22.7 Å². The summed E-state index contributed by atoms with van der Waals surface area (Å²) < 4.78 is 20.3. The summed E-state index contributed by atoms with van der Waals surface area (Å²) in [6.07, 6.45) is 0. The number of thiophene rings is 2. The van der Waals surface area contributed by atoms with Crippen LogP contribution < -0.4 is 26.6 Å². The number of benzene rings is 22. The lowest BCUT2D eigenvalue weighted by molar-refractivity contribution is 0.670. The van der Waals surface area contributed by atoms with E-state index >= 15 is 0 Å². The van der Waals surface area contributed by atoms with Gasteiger partial charge in [-0.15, -0.1) is 22.7 Å². The van der Waals surface area contributed by atoms with Crippen molar-refractivity contribution in [3.05, 3.63) is 479 Å². The zero-order valence-corrected chi connectivity index (χ0v) is 73.3. The molecule has 626 valence electrons. The van der Waals surface area contributed by atoms with Gasteiger partial charge in [-0.25, -0.2) is 0 Å².